The van der Waals surface area contributed by atoms with Crippen LogP contribution in [0.3, 0.4) is 0 Å². The molecule has 1 aromatic heterocycles. The molecule has 0 aliphatic carbocycles. The van der Waals surface area contributed by atoms with E-state index in [-0.39, 0.29) is 23.2 Å². The molecule has 0 unspecified atom stereocenters. The lowest BCUT2D eigenvalue weighted by molar-refractivity contribution is -0.131. The number of carboxylic acid groups (broad SMARTS) is 1. The zero-order valence-electron chi connectivity index (χ0n) is 11.5. The van der Waals surface area contributed by atoms with Crippen LogP contribution in [-0.4, -0.2) is 27.2 Å². The van der Waals surface area contributed by atoms with Crippen LogP contribution in [0.2, 0.25) is 0 Å². The monoisotopic (exact) mass is 307 g/mol. The molecule has 0 amide bonds. The van der Waals surface area contributed by atoms with Gasteiger partial charge in [0.2, 0.25) is 0 Å². The van der Waals surface area contributed by atoms with Crippen molar-refractivity contribution in [1.29, 1.82) is 0 Å². The first-order chi connectivity index (χ1) is 10.3. The third kappa shape index (κ3) is 3.08. The molecule has 0 saturated carbocycles. The van der Waals surface area contributed by atoms with Crippen LogP contribution in [0.1, 0.15) is 26.4 Å². The Morgan fingerprint density at radius 2 is 1.82 bits per heavy atom. The van der Waals surface area contributed by atoms with Crippen molar-refractivity contribution in [2.45, 2.75) is 6.42 Å². The summed E-state index contributed by atoms with van der Waals surface area (Å²) in [4.78, 5) is 34.1. The molecule has 0 fully saturated rings. The van der Waals surface area contributed by atoms with Gasteiger partial charge in [-0.1, -0.05) is 6.07 Å². The standard InChI is InChI=1S/C15H11F2NO4/c1-18-7-9(14(20)15(21)22)6-12(18)13(19)5-8-2-3-10(16)11(17)4-8/h2-4,6-7H,5H2,1H3,(H,21,22). The third-order valence-electron chi connectivity index (χ3n) is 3.10. The SMILES string of the molecule is Cn1cc(C(=O)C(=O)O)cc1C(=O)Cc1ccc(F)c(F)c1. The van der Waals surface area contributed by atoms with Crippen LogP contribution in [0.4, 0.5) is 8.78 Å². The first-order valence-electron chi connectivity index (χ1n) is 6.20. The second kappa shape index (κ2) is 5.88. The molecule has 22 heavy (non-hydrogen) atoms. The van der Waals surface area contributed by atoms with E-state index in [9.17, 15) is 23.2 Å². The zero-order chi connectivity index (χ0) is 16.4. The highest BCUT2D eigenvalue weighted by molar-refractivity contribution is 6.40. The molecule has 1 aromatic carbocycles. The maximum Gasteiger partial charge on any atom is 0.377 e. The molecule has 0 radical (unpaired) electrons. The smallest absolute Gasteiger partial charge is 0.377 e. The lowest BCUT2D eigenvalue weighted by Crippen LogP contribution is -2.11. The van der Waals surface area contributed by atoms with Crippen molar-refractivity contribution >= 4 is 17.5 Å². The average molecular weight is 307 g/mol. The number of carbonyl (C=O) groups is 3. The van der Waals surface area contributed by atoms with E-state index in [0.717, 1.165) is 12.1 Å². The number of ketones is 2. The molecule has 2 aromatic rings. The summed E-state index contributed by atoms with van der Waals surface area (Å²) in [6.07, 6.45) is 1.03. The summed E-state index contributed by atoms with van der Waals surface area (Å²) in [6.45, 7) is 0. The molecule has 114 valence electrons. The Morgan fingerprint density at radius 3 is 2.41 bits per heavy atom. The van der Waals surface area contributed by atoms with Gasteiger partial charge in [-0.15, -0.1) is 0 Å². The van der Waals surface area contributed by atoms with Crippen LogP contribution in [0.15, 0.2) is 30.5 Å². The van der Waals surface area contributed by atoms with Gasteiger partial charge in [-0.2, -0.15) is 0 Å². The van der Waals surface area contributed by atoms with E-state index in [1.54, 1.807) is 0 Å². The fourth-order valence-electron chi connectivity index (χ4n) is 2.01. The average Bonchev–Trinajstić information content (AvgIpc) is 2.84. The van der Waals surface area contributed by atoms with Gasteiger partial charge >= 0.3 is 5.97 Å². The number of nitrogens with zero attached hydrogens (tertiary/aromatic N) is 1. The van der Waals surface area contributed by atoms with E-state index in [0.29, 0.717) is 0 Å². The highest BCUT2D eigenvalue weighted by Gasteiger charge is 2.20. The van der Waals surface area contributed by atoms with Crippen LogP contribution >= 0.6 is 0 Å². The van der Waals surface area contributed by atoms with Gasteiger partial charge in [0.15, 0.2) is 17.4 Å². The molecular formula is C15H11F2NO4. The molecule has 5 nitrogen and oxygen atoms in total. The number of hydrogen-bond donors (Lipinski definition) is 1. The minimum atomic E-state index is -1.62. The number of benzene rings is 1. The summed E-state index contributed by atoms with van der Waals surface area (Å²) in [7, 11) is 1.48. The lowest BCUT2D eigenvalue weighted by Gasteiger charge is -2.03. The topological polar surface area (TPSA) is 76.4 Å². The Labute approximate surface area is 123 Å². The second-order valence-electron chi connectivity index (χ2n) is 4.71. The number of carbonyl (C=O) groups excluding carboxylic acids is 2. The maximum absolute atomic E-state index is 13.1. The van der Waals surface area contributed by atoms with Crippen molar-refractivity contribution < 1.29 is 28.3 Å². The lowest BCUT2D eigenvalue weighted by atomic mass is 10.1. The molecule has 0 spiro atoms. The predicted molar refractivity (Wildman–Crippen MR) is 71.8 cm³/mol. The molecule has 1 N–H and O–H groups in total. The van der Waals surface area contributed by atoms with Gasteiger partial charge in [-0.3, -0.25) is 9.59 Å². The Balaban J connectivity index is 2.24. The van der Waals surface area contributed by atoms with Crippen LogP contribution in [-0.2, 0) is 18.3 Å². The van der Waals surface area contributed by atoms with Crippen molar-refractivity contribution in [1.82, 2.24) is 4.57 Å². The predicted octanol–water partition coefficient (Wildman–Crippen LogP) is 2.00. The van der Waals surface area contributed by atoms with Gasteiger partial charge in [0.25, 0.3) is 5.78 Å². The van der Waals surface area contributed by atoms with Gasteiger partial charge in [-0.05, 0) is 23.8 Å². The van der Waals surface area contributed by atoms with Crippen molar-refractivity contribution in [3.63, 3.8) is 0 Å². The number of halogens is 2. The summed E-state index contributed by atoms with van der Waals surface area (Å²) in [6, 6.07) is 4.28. The largest absolute Gasteiger partial charge is 0.475 e. The third-order valence-corrected chi connectivity index (χ3v) is 3.10. The summed E-state index contributed by atoms with van der Waals surface area (Å²) in [5.74, 6) is -5.26. The van der Waals surface area contributed by atoms with Crippen LogP contribution in [0, 0.1) is 11.6 Å². The van der Waals surface area contributed by atoms with E-state index in [2.05, 4.69) is 0 Å². The summed E-state index contributed by atoms with van der Waals surface area (Å²) < 4.78 is 27.3. The van der Waals surface area contributed by atoms with Crippen molar-refractivity contribution in [3.05, 3.63) is 58.9 Å². The van der Waals surface area contributed by atoms with Gasteiger partial charge in [0, 0.05) is 25.2 Å². The molecule has 0 aliphatic rings. The number of aryl methyl sites for hydroxylation is 1. The van der Waals surface area contributed by atoms with E-state index in [1.165, 1.54) is 29.9 Å². The van der Waals surface area contributed by atoms with Gasteiger partial charge < -0.3 is 9.67 Å². The quantitative estimate of drug-likeness (QED) is 0.677. The first-order valence-corrected chi connectivity index (χ1v) is 6.20. The number of aromatic nitrogens is 1. The molecular weight excluding hydrogens is 296 g/mol. The van der Waals surface area contributed by atoms with Crippen LogP contribution < -0.4 is 0 Å². The van der Waals surface area contributed by atoms with Crippen molar-refractivity contribution in [2.75, 3.05) is 0 Å². The molecule has 1 heterocycles. The Bertz CT molecular complexity index is 780. The van der Waals surface area contributed by atoms with E-state index in [4.69, 9.17) is 5.11 Å². The van der Waals surface area contributed by atoms with Crippen LogP contribution in [0.25, 0.3) is 0 Å². The number of rotatable bonds is 5. The van der Waals surface area contributed by atoms with Gasteiger partial charge in [0.1, 0.15) is 0 Å². The Morgan fingerprint density at radius 1 is 1.14 bits per heavy atom. The van der Waals surface area contributed by atoms with E-state index >= 15 is 0 Å². The maximum atomic E-state index is 13.1. The fourth-order valence-corrected chi connectivity index (χ4v) is 2.01. The zero-order valence-corrected chi connectivity index (χ0v) is 11.5. The minimum Gasteiger partial charge on any atom is -0.475 e. The fraction of sp³-hybridized carbons (Fsp3) is 0.133. The highest BCUT2D eigenvalue weighted by atomic mass is 19.2. The number of Topliss-reactive ketones (excluding diaryl/α,β-unsaturated/α-hetero) is 2. The highest BCUT2D eigenvalue weighted by Crippen LogP contribution is 2.14. The van der Waals surface area contributed by atoms with Crippen molar-refractivity contribution in [2.24, 2.45) is 7.05 Å². The van der Waals surface area contributed by atoms with E-state index < -0.39 is 29.2 Å². The number of aliphatic carboxylic acids is 1. The number of carboxylic acids is 1. The first kappa shape index (κ1) is 15.6. The molecule has 0 bridgehead atoms. The van der Waals surface area contributed by atoms with E-state index in [1.807, 2.05) is 0 Å². The molecule has 2 rings (SSSR count). The summed E-state index contributed by atoms with van der Waals surface area (Å²) in [5.41, 5.74) is 0.259. The molecule has 0 atom stereocenters. The van der Waals surface area contributed by atoms with Gasteiger partial charge in [0.05, 0.1) is 5.69 Å². The van der Waals surface area contributed by atoms with Crippen molar-refractivity contribution in [3.8, 4) is 0 Å². The number of hydrogen-bond acceptors (Lipinski definition) is 3. The minimum absolute atomic E-state index is 0.106. The molecule has 0 aliphatic heterocycles. The summed E-state index contributed by atoms with van der Waals surface area (Å²) >= 11 is 0. The normalized spacial score (nSPS) is 10.5. The summed E-state index contributed by atoms with van der Waals surface area (Å²) in [5, 5.41) is 8.65. The molecule has 7 heteroatoms. The Kier molecular flexibility index (Phi) is 4.16. The molecule has 0 saturated heterocycles. The van der Waals surface area contributed by atoms with Crippen LogP contribution in [0.5, 0.6) is 0 Å². The second-order valence-corrected chi connectivity index (χ2v) is 4.71. The Hall–Kier alpha value is -2.83. The van der Waals surface area contributed by atoms with Gasteiger partial charge in [-0.25, -0.2) is 13.6 Å².